The standard InChI is InChI=1S/C28H58O.H3N.H2O4S/c1-3-5-7-9-11-13-15-17-19-21-23-25-27-29-28-26-24-22-20-18-16-14-12-10-8-6-4-2;;1-5(2,3)4/h3-28H2,1-2H3;1H3;(H2,1,2,3,4). The van der Waals surface area contributed by atoms with Crippen LogP contribution < -0.4 is 6.15 Å². The van der Waals surface area contributed by atoms with Gasteiger partial charge in [0.25, 0.3) is 0 Å². The Bertz CT molecular complexity index is 426. The van der Waals surface area contributed by atoms with Gasteiger partial charge in [-0.15, -0.1) is 0 Å². The first-order valence-corrected chi connectivity index (χ1v) is 16.1. The molecule has 35 heavy (non-hydrogen) atoms. The molecule has 0 saturated carbocycles. The quantitative estimate of drug-likeness (QED) is 0.0763. The van der Waals surface area contributed by atoms with Gasteiger partial charge in [-0.3, -0.25) is 9.11 Å². The lowest BCUT2D eigenvalue weighted by Crippen LogP contribution is -1.97. The van der Waals surface area contributed by atoms with Crippen molar-refractivity contribution in [1.82, 2.24) is 6.15 Å². The SMILES string of the molecule is CCCCCCCCCCCCCCOCCCCCCCCCCCCCC.N.O=S(=O)(O)O. The molecule has 0 amide bonds. The van der Waals surface area contributed by atoms with Crippen LogP contribution in [0, 0.1) is 0 Å². The minimum Gasteiger partial charge on any atom is -0.381 e. The number of hydrogen-bond acceptors (Lipinski definition) is 4. The Balaban J connectivity index is -0.00000154. The molecule has 0 bridgehead atoms. The summed E-state index contributed by atoms with van der Waals surface area (Å²) >= 11 is 0. The predicted molar refractivity (Wildman–Crippen MR) is 152 cm³/mol. The van der Waals surface area contributed by atoms with Gasteiger partial charge in [-0.2, -0.15) is 8.42 Å². The lowest BCUT2D eigenvalue weighted by molar-refractivity contribution is 0.125. The van der Waals surface area contributed by atoms with Crippen LogP contribution in [0.15, 0.2) is 0 Å². The molecule has 216 valence electrons. The Labute approximate surface area is 219 Å². The predicted octanol–water partition coefficient (Wildman–Crippen LogP) is 9.91. The first-order chi connectivity index (χ1) is 16.4. The van der Waals surface area contributed by atoms with Crippen molar-refractivity contribution in [3.63, 3.8) is 0 Å². The molecule has 0 saturated heterocycles. The van der Waals surface area contributed by atoms with Crippen molar-refractivity contribution in [3.05, 3.63) is 0 Å². The van der Waals surface area contributed by atoms with E-state index < -0.39 is 10.4 Å². The maximum Gasteiger partial charge on any atom is 0.394 e. The van der Waals surface area contributed by atoms with E-state index in [9.17, 15) is 0 Å². The van der Waals surface area contributed by atoms with Crippen LogP contribution in [0.5, 0.6) is 0 Å². The van der Waals surface area contributed by atoms with E-state index in [4.69, 9.17) is 22.3 Å². The van der Waals surface area contributed by atoms with Crippen LogP contribution in [0.25, 0.3) is 0 Å². The lowest BCUT2D eigenvalue weighted by atomic mass is 10.1. The third-order valence-electron chi connectivity index (χ3n) is 6.28. The van der Waals surface area contributed by atoms with Crippen LogP contribution in [0.3, 0.4) is 0 Å². The molecule has 0 aromatic heterocycles. The van der Waals surface area contributed by atoms with Crippen molar-refractivity contribution in [3.8, 4) is 0 Å². The second-order valence-corrected chi connectivity index (χ2v) is 10.7. The minimum atomic E-state index is -4.67. The Morgan fingerprint density at radius 3 is 0.800 bits per heavy atom. The number of hydrogen-bond donors (Lipinski definition) is 3. The Kier molecular flexibility index (Phi) is 37.9. The summed E-state index contributed by atoms with van der Waals surface area (Å²) in [5, 5.41) is 0. The normalized spacial score (nSPS) is 11.1. The first kappa shape index (κ1) is 39.3. The Morgan fingerprint density at radius 2 is 0.600 bits per heavy atom. The van der Waals surface area contributed by atoms with Gasteiger partial charge in [-0.05, 0) is 12.8 Å². The van der Waals surface area contributed by atoms with E-state index >= 15 is 0 Å². The third kappa shape index (κ3) is 51.3. The van der Waals surface area contributed by atoms with E-state index in [1.165, 1.54) is 154 Å². The molecular weight excluding hydrogens is 462 g/mol. The van der Waals surface area contributed by atoms with Crippen molar-refractivity contribution >= 4 is 10.4 Å². The van der Waals surface area contributed by atoms with Crippen molar-refractivity contribution in [2.75, 3.05) is 13.2 Å². The molecule has 0 rings (SSSR count). The van der Waals surface area contributed by atoms with Gasteiger partial charge < -0.3 is 10.9 Å². The van der Waals surface area contributed by atoms with E-state index in [-0.39, 0.29) is 6.15 Å². The number of rotatable bonds is 26. The van der Waals surface area contributed by atoms with Crippen molar-refractivity contribution in [2.45, 2.75) is 168 Å². The maximum absolute atomic E-state index is 8.74. The summed E-state index contributed by atoms with van der Waals surface area (Å²) in [5.41, 5.74) is 0. The molecule has 0 radical (unpaired) electrons. The highest BCUT2D eigenvalue weighted by Gasteiger charge is 1.96. The van der Waals surface area contributed by atoms with Gasteiger partial charge in [-0.25, -0.2) is 0 Å². The van der Waals surface area contributed by atoms with E-state index in [1.807, 2.05) is 0 Å². The van der Waals surface area contributed by atoms with E-state index in [2.05, 4.69) is 13.8 Å². The van der Waals surface area contributed by atoms with Crippen molar-refractivity contribution < 1.29 is 22.3 Å². The minimum absolute atomic E-state index is 0. The van der Waals surface area contributed by atoms with Crippen LogP contribution in [0.4, 0.5) is 0 Å². The Hall–Kier alpha value is -0.210. The molecule has 0 aliphatic rings. The smallest absolute Gasteiger partial charge is 0.381 e. The van der Waals surface area contributed by atoms with Crippen LogP contribution >= 0.6 is 0 Å². The summed E-state index contributed by atoms with van der Waals surface area (Å²) in [4.78, 5) is 0. The molecule has 0 fully saturated rings. The monoisotopic (exact) mass is 525 g/mol. The zero-order chi connectivity index (χ0) is 25.6. The van der Waals surface area contributed by atoms with Gasteiger partial charge in [0.2, 0.25) is 0 Å². The fourth-order valence-corrected chi connectivity index (χ4v) is 4.19. The molecule has 0 spiro atoms. The highest BCUT2D eigenvalue weighted by atomic mass is 32.3. The van der Waals surface area contributed by atoms with Crippen LogP contribution in [-0.2, 0) is 15.1 Å². The zero-order valence-electron chi connectivity index (χ0n) is 23.6. The van der Waals surface area contributed by atoms with Gasteiger partial charge in [-0.1, -0.05) is 155 Å². The summed E-state index contributed by atoms with van der Waals surface area (Å²) in [7, 11) is -4.67. The molecule has 5 N–H and O–H groups in total. The van der Waals surface area contributed by atoms with Gasteiger partial charge in [0.15, 0.2) is 0 Å². The summed E-state index contributed by atoms with van der Waals surface area (Å²) in [6.45, 7) is 6.58. The van der Waals surface area contributed by atoms with Crippen molar-refractivity contribution in [1.29, 1.82) is 0 Å². The van der Waals surface area contributed by atoms with Gasteiger partial charge in [0, 0.05) is 13.2 Å². The highest BCUT2D eigenvalue weighted by Crippen LogP contribution is 2.13. The second kappa shape index (κ2) is 33.8. The van der Waals surface area contributed by atoms with Gasteiger partial charge in [0.1, 0.15) is 0 Å². The fourth-order valence-electron chi connectivity index (χ4n) is 4.19. The molecule has 7 heteroatoms. The molecule has 0 aromatic carbocycles. The fraction of sp³-hybridized carbons (Fsp3) is 1.00. The lowest BCUT2D eigenvalue weighted by Gasteiger charge is -2.05. The second-order valence-electron chi connectivity index (χ2n) is 9.84. The molecule has 0 aliphatic heterocycles. The average molecular weight is 526 g/mol. The maximum atomic E-state index is 8.74. The van der Waals surface area contributed by atoms with Crippen LogP contribution in [0.2, 0.25) is 0 Å². The molecule has 6 nitrogen and oxygen atoms in total. The number of ether oxygens (including phenoxy) is 1. The largest absolute Gasteiger partial charge is 0.394 e. The van der Waals surface area contributed by atoms with E-state index in [1.54, 1.807) is 0 Å². The van der Waals surface area contributed by atoms with Gasteiger partial charge >= 0.3 is 10.4 Å². The van der Waals surface area contributed by atoms with Gasteiger partial charge in [0.05, 0.1) is 0 Å². The summed E-state index contributed by atoms with van der Waals surface area (Å²) in [6, 6.07) is 0. The summed E-state index contributed by atoms with van der Waals surface area (Å²) in [5.74, 6) is 0. The molecule has 0 unspecified atom stereocenters. The average Bonchev–Trinajstić information content (AvgIpc) is 2.78. The molecule has 0 aromatic rings. The van der Waals surface area contributed by atoms with E-state index in [0.717, 1.165) is 13.2 Å². The van der Waals surface area contributed by atoms with Crippen molar-refractivity contribution in [2.24, 2.45) is 0 Å². The topological polar surface area (TPSA) is 119 Å². The number of unbranched alkanes of at least 4 members (excludes halogenated alkanes) is 22. The van der Waals surface area contributed by atoms with Crippen LogP contribution in [0.1, 0.15) is 168 Å². The van der Waals surface area contributed by atoms with E-state index in [0.29, 0.717) is 0 Å². The molecule has 0 heterocycles. The third-order valence-corrected chi connectivity index (χ3v) is 6.28. The Morgan fingerprint density at radius 1 is 0.429 bits per heavy atom. The molecule has 0 aliphatic carbocycles. The molecule has 0 atom stereocenters. The zero-order valence-corrected chi connectivity index (χ0v) is 24.4. The summed E-state index contributed by atoms with van der Waals surface area (Å²) in [6.07, 6.45) is 34.1. The summed E-state index contributed by atoms with van der Waals surface area (Å²) < 4.78 is 37.4. The van der Waals surface area contributed by atoms with Crippen LogP contribution in [-0.4, -0.2) is 30.7 Å². The first-order valence-electron chi connectivity index (χ1n) is 14.7. The molecular formula is C28H63NO5S. The highest BCUT2D eigenvalue weighted by molar-refractivity contribution is 7.79.